The van der Waals surface area contributed by atoms with Gasteiger partial charge in [0.1, 0.15) is 0 Å². The average Bonchev–Trinajstić information content (AvgIpc) is 2.16. The van der Waals surface area contributed by atoms with Gasteiger partial charge in [0.2, 0.25) is 0 Å². The molecule has 2 saturated carbocycles. The van der Waals surface area contributed by atoms with E-state index in [0.717, 1.165) is 24.7 Å². The van der Waals surface area contributed by atoms with Crippen molar-refractivity contribution in [2.75, 3.05) is 0 Å². The van der Waals surface area contributed by atoms with Gasteiger partial charge in [0.05, 0.1) is 5.60 Å². The van der Waals surface area contributed by atoms with Crippen LogP contribution in [0, 0.1) is 17.8 Å². The maximum absolute atomic E-state index is 10.4. The van der Waals surface area contributed by atoms with E-state index >= 15 is 0 Å². The summed E-state index contributed by atoms with van der Waals surface area (Å²) in [5, 5.41) is 10.4. The Morgan fingerprint density at radius 1 is 1.14 bits per heavy atom. The summed E-state index contributed by atoms with van der Waals surface area (Å²) in [7, 11) is 0. The highest BCUT2D eigenvalue weighted by Gasteiger charge is 2.46. The molecule has 2 rings (SSSR count). The molecule has 0 aromatic carbocycles. The zero-order valence-corrected chi connectivity index (χ0v) is 9.63. The van der Waals surface area contributed by atoms with E-state index in [9.17, 15) is 5.11 Å². The van der Waals surface area contributed by atoms with E-state index in [4.69, 9.17) is 0 Å². The van der Waals surface area contributed by atoms with Gasteiger partial charge in [-0.3, -0.25) is 0 Å². The Hall–Kier alpha value is -0.0400. The third-order valence-electron chi connectivity index (χ3n) is 4.59. The van der Waals surface area contributed by atoms with E-state index in [1.165, 1.54) is 32.1 Å². The van der Waals surface area contributed by atoms with Crippen LogP contribution >= 0.6 is 0 Å². The van der Waals surface area contributed by atoms with Crippen molar-refractivity contribution in [3.05, 3.63) is 0 Å². The molecular formula is C13H24O. The summed E-state index contributed by atoms with van der Waals surface area (Å²) in [5.74, 6) is 2.35. The lowest BCUT2D eigenvalue weighted by atomic mass is 9.61. The quantitative estimate of drug-likeness (QED) is 0.718. The Morgan fingerprint density at radius 2 is 1.71 bits per heavy atom. The first-order chi connectivity index (χ1) is 6.64. The van der Waals surface area contributed by atoms with E-state index < -0.39 is 0 Å². The van der Waals surface area contributed by atoms with Crippen LogP contribution in [0.25, 0.3) is 0 Å². The molecule has 0 aromatic heterocycles. The van der Waals surface area contributed by atoms with Crippen molar-refractivity contribution >= 4 is 0 Å². The van der Waals surface area contributed by atoms with Gasteiger partial charge in [0.25, 0.3) is 0 Å². The molecule has 0 heterocycles. The van der Waals surface area contributed by atoms with Gasteiger partial charge in [0, 0.05) is 0 Å². The Kier molecular flexibility index (Phi) is 2.88. The zero-order chi connectivity index (χ0) is 10.2. The summed E-state index contributed by atoms with van der Waals surface area (Å²) in [6, 6.07) is 0. The van der Waals surface area contributed by atoms with Gasteiger partial charge in [-0.05, 0) is 43.4 Å². The highest BCUT2D eigenvalue weighted by molar-refractivity contribution is 4.98. The summed E-state index contributed by atoms with van der Waals surface area (Å²) in [6.07, 6.45) is 8.74. The first-order valence-corrected chi connectivity index (χ1v) is 6.36. The molecule has 0 unspecified atom stereocenters. The molecule has 0 aliphatic heterocycles. The van der Waals surface area contributed by atoms with Crippen molar-refractivity contribution < 1.29 is 5.11 Å². The van der Waals surface area contributed by atoms with Crippen LogP contribution in [0.15, 0.2) is 0 Å². The fraction of sp³-hybridized carbons (Fsp3) is 1.00. The van der Waals surface area contributed by atoms with E-state index in [1.54, 1.807) is 0 Å². The van der Waals surface area contributed by atoms with Crippen molar-refractivity contribution in [2.45, 2.75) is 64.4 Å². The number of hydrogen-bond donors (Lipinski definition) is 1. The van der Waals surface area contributed by atoms with Crippen LogP contribution in [-0.4, -0.2) is 10.7 Å². The van der Waals surface area contributed by atoms with Gasteiger partial charge in [-0.2, -0.15) is 0 Å². The highest BCUT2D eigenvalue weighted by Crippen LogP contribution is 2.48. The van der Waals surface area contributed by atoms with Gasteiger partial charge in [0.15, 0.2) is 0 Å². The molecule has 82 valence electrons. The minimum atomic E-state index is -0.252. The minimum absolute atomic E-state index is 0.252. The molecule has 0 bridgehead atoms. The Labute approximate surface area is 87.9 Å². The van der Waals surface area contributed by atoms with Crippen molar-refractivity contribution in [3.8, 4) is 0 Å². The fourth-order valence-electron chi connectivity index (χ4n) is 3.59. The van der Waals surface area contributed by atoms with Crippen LogP contribution in [0.3, 0.4) is 0 Å². The molecule has 0 saturated heterocycles. The SMILES string of the molecule is CCC1CCC(C2(O)CC(C)C2)CC1. The topological polar surface area (TPSA) is 20.2 Å². The smallest absolute Gasteiger partial charge is 0.0680 e. The Bertz CT molecular complexity index is 185. The molecule has 0 aromatic rings. The molecule has 1 heteroatoms. The predicted octanol–water partition coefficient (Wildman–Crippen LogP) is 3.36. The van der Waals surface area contributed by atoms with Crippen molar-refractivity contribution in [3.63, 3.8) is 0 Å². The maximum Gasteiger partial charge on any atom is 0.0680 e. The van der Waals surface area contributed by atoms with E-state index in [1.807, 2.05) is 0 Å². The van der Waals surface area contributed by atoms with Gasteiger partial charge in [-0.1, -0.05) is 33.1 Å². The van der Waals surface area contributed by atoms with Crippen LogP contribution in [0.2, 0.25) is 0 Å². The van der Waals surface area contributed by atoms with Crippen molar-refractivity contribution in [2.24, 2.45) is 17.8 Å². The average molecular weight is 196 g/mol. The normalized spacial score (nSPS) is 48.6. The zero-order valence-electron chi connectivity index (χ0n) is 9.63. The van der Waals surface area contributed by atoms with E-state index in [0.29, 0.717) is 5.92 Å². The molecule has 1 N–H and O–H groups in total. The lowest BCUT2D eigenvalue weighted by Crippen LogP contribution is -2.50. The molecule has 2 aliphatic rings. The van der Waals surface area contributed by atoms with Crippen LogP contribution in [0.1, 0.15) is 58.8 Å². The molecule has 2 aliphatic carbocycles. The Balaban J connectivity index is 1.83. The second-order valence-electron chi connectivity index (χ2n) is 5.74. The van der Waals surface area contributed by atoms with Crippen molar-refractivity contribution in [1.29, 1.82) is 0 Å². The monoisotopic (exact) mass is 196 g/mol. The molecule has 0 amide bonds. The molecule has 0 atom stereocenters. The number of aliphatic hydroxyl groups is 1. The first-order valence-electron chi connectivity index (χ1n) is 6.36. The van der Waals surface area contributed by atoms with Gasteiger partial charge >= 0.3 is 0 Å². The van der Waals surface area contributed by atoms with E-state index in [-0.39, 0.29) is 5.60 Å². The first kappa shape index (κ1) is 10.5. The summed E-state index contributed by atoms with van der Waals surface area (Å²) in [5.41, 5.74) is -0.252. The molecule has 1 nitrogen and oxygen atoms in total. The fourth-order valence-corrected chi connectivity index (χ4v) is 3.59. The molecule has 2 fully saturated rings. The maximum atomic E-state index is 10.4. The second-order valence-corrected chi connectivity index (χ2v) is 5.74. The number of hydrogen-bond acceptors (Lipinski definition) is 1. The molecule has 14 heavy (non-hydrogen) atoms. The largest absolute Gasteiger partial charge is 0.390 e. The predicted molar refractivity (Wildman–Crippen MR) is 59.1 cm³/mol. The summed E-state index contributed by atoms with van der Waals surface area (Å²) in [4.78, 5) is 0. The lowest BCUT2D eigenvalue weighted by Gasteiger charge is -2.49. The number of rotatable bonds is 2. The van der Waals surface area contributed by atoms with Gasteiger partial charge < -0.3 is 5.11 Å². The summed E-state index contributed by atoms with van der Waals surface area (Å²) >= 11 is 0. The lowest BCUT2D eigenvalue weighted by molar-refractivity contribution is -0.124. The molecule has 0 radical (unpaired) electrons. The third kappa shape index (κ3) is 1.84. The third-order valence-corrected chi connectivity index (χ3v) is 4.59. The summed E-state index contributed by atoms with van der Waals surface area (Å²) in [6.45, 7) is 4.55. The Morgan fingerprint density at radius 3 is 2.14 bits per heavy atom. The van der Waals surface area contributed by atoms with Gasteiger partial charge in [-0.25, -0.2) is 0 Å². The van der Waals surface area contributed by atoms with E-state index in [2.05, 4.69) is 13.8 Å². The minimum Gasteiger partial charge on any atom is -0.390 e. The van der Waals surface area contributed by atoms with Crippen LogP contribution < -0.4 is 0 Å². The second kappa shape index (κ2) is 3.84. The van der Waals surface area contributed by atoms with Crippen LogP contribution in [0.4, 0.5) is 0 Å². The summed E-state index contributed by atoms with van der Waals surface area (Å²) < 4.78 is 0. The standard InChI is InChI=1S/C13H24O/c1-3-11-4-6-12(7-5-11)13(14)8-10(2)9-13/h10-12,14H,3-9H2,1-2H3. The highest BCUT2D eigenvalue weighted by atomic mass is 16.3. The van der Waals surface area contributed by atoms with Crippen molar-refractivity contribution in [1.82, 2.24) is 0 Å². The van der Waals surface area contributed by atoms with Crippen LogP contribution in [-0.2, 0) is 0 Å². The van der Waals surface area contributed by atoms with Crippen LogP contribution in [0.5, 0.6) is 0 Å². The molecule has 0 spiro atoms. The van der Waals surface area contributed by atoms with Gasteiger partial charge in [-0.15, -0.1) is 0 Å². The molecular weight excluding hydrogens is 172 g/mol.